The fraction of sp³-hybridized carbons (Fsp3) is 0.273. The number of hydrogen-bond donors (Lipinski definition) is 2. The number of aromatic nitrogens is 1. The molecule has 0 aliphatic heterocycles. The average Bonchev–Trinajstić information content (AvgIpc) is 3.44. The first-order valence-corrected chi connectivity index (χ1v) is 9.07. The van der Waals surface area contributed by atoms with Crippen LogP contribution in [0.4, 0.5) is 0 Å². The summed E-state index contributed by atoms with van der Waals surface area (Å²) in [5, 5.41) is 13.8. The summed E-state index contributed by atoms with van der Waals surface area (Å²) in [6, 6.07) is 15.8. The number of carbonyl (C=O) groups is 1. The van der Waals surface area contributed by atoms with Gasteiger partial charge in [0.25, 0.3) is 0 Å². The Morgan fingerprint density at radius 3 is 2.81 bits per heavy atom. The highest BCUT2D eigenvalue weighted by molar-refractivity contribution is 5.86. The van der Waals surface area contributed by atoms with Gasteiger partial charge in [0.05, 0.1) is 11.2 Å². The van der Waals surface area contributed by atoms with Crippen LogP contribution in [0.15, 0.2) is 48.5 Å². The Hall–Kier alpha value is -2.88. The molecule has 0 saturated heterocycles. The number of aromatic hydroxyl groups is 1. The topological polar surface area (TPSA) is 62.2 Å². The van der Waals surface area contributed by atoms with Crippen molar-refractivity contribution >= 4 is 16.8 Å². The van der Waals surface area contributed by atoms with Crippen molar-refractivity contribution in [3.8, 4) is 17.0 Å². The van der Waals surface area contributed by atoms with Gasteiger partial charge in [-0.25, -0.2) is 4.98 Å². The van der Waals surface area contributed by atoms with E-state index in [1.807, 2.05) is 30.3 Å². The van der Waals surface area contributed by atoms with Gasteiger partial charge >= 0.3 is 0 Å². The van der Waals surface area contributed by atoms with Gasteiger partial charge in [-0.15, -0.1) is 0 Å². The first-order chi connectivity index (χ1) is 12.6. The van der Waals surface area contributed by atoms with Gasteiger partial charge in [-0.05, 0) is 67.6 Å². The van der Waals surface area contributed by atoms with Gasteiger partial charge in [-0.1, -0.05) is 18.2 Å². The zero-order valence-electron chi connectivity index (χ0n) is 14.8. The van der Waals surface area contributed by atoms with Crippen LogP contribution in [0.2, 0.25) is 0 Å². The minimum atomic E-state index is 0.140. The number of fused-ring (bicyclic) bond motifs is 1. The van der Waals surface area contributed by atoms with Crippen LogP contribution in [-0.4, -0.2) is 22.0 Å². The SMILES string of the molecule is Cc1cc(-c2cccc(O)c2)nc2ccc(CCC(=O)NC3CC3)cc12. The summed E-state index contributed by atoms with van der Waals surface area (Å²) >= 11 is 0. The minimum absolute atomic E-state index is 0.140. The van der Waals surface area contributed by atoms with E-state index >= 15 is 0 Å². The molecule has 0 radical (unpaired) electrons. The highest BCUT2D eigenvalue weighted by Crippen LogP contribution is 2.27. The zero-order valence-corrected chi connectivity index (χ0v) is 14.8. The average molecular weight is 346 g/mol. The van der Waals surface area contributed by atoms with E-state index in [4.69, 9.17) is 4.98 Å². The van der Waals surface area contributed by atoms with Crippen molar-refractivity contribution in [2.45, 2.75) is 38.6 Å². The summed E-state index contributed by atoms with van der Waals surface area (Å²) in [6.45, 7) is 2.07. The Morgan fingerprint density at radius 1 is 1.19 bits per heavy atom. The molecule has 26 heavy (non-hydrogen) atoms. The number of benzene rings is 2. The summed E-state index contributed by atoms with van der Waals surface area (Å²) < 4.78 is 0. The van der Waals surface area contributed by atoms with Crippen molar-refractivity contribution in [1.82, 2.24) is 10.3 Å². The van der Waals surface area contributed by atoms with Gasteiger partial charge < -0.3 is 10.4 Å². The largest absolute Gasteiger partial charge is 0.508 e. The molecule has 1 amide bonds. The van der Waals surface area contributed by atoms with Crippen LogP contribution in [0.25, 0.3) is 22.2 Å². The third kappa shape index (κ3) is 3.69. The standard InChI is InChI=1S/C22H22N2O2/c1-14-11-21(16-3-2-4-18(25)13-16)24-20-9-5-15(12-19(14)20)6-10-22(26)23-17-7-8-17/h2-5,9,11-13,17,25H,6-8,10H2,1H3,(H,23,26). The molecule has 0 unspecified atom stereocenters. The van der Waals surface area contributed by atoms with E-state index in [2.05, 4.69) is 18.3 Å². The Bertz CT molecular complexity index is 977. The normalized spacial score (nSPS) is 13.7. The van der Waals surface area contributed by atoms with Gasteiger partial charge in [0.1, 0.15) is 5.75 Å². The summed E-state index contributed by atoms with van der Waals surface area (Å²) in [4.78, 5) is 16.6. The predicted molar refractivity (Wildman–Crippen MR) is 103 cm³/mol. The lowest BCUT2D eigenvalue weighted by Gasteiger charge is -2.09. The molecule has 0 atom stereocenters. The molecule has 1 heterocycles. The summed E-state index contributed by atoms with van der Waals surface area (Å²) in [6.07, 6.45) is 3.50. The maximum atomic E-state index is 11.9. The second-order valence-electron chi connectivity index (χ2n) is 7.07. The molecule has 4 heteroatoms. The van der Waals surface area contributed by atoms with Crippen LogP contribution in [0, 0.1) is 6.92 Å². The lowest BCUT2D eigenvalue weighted by Crippen LogP contribution is -2.25. The predicted octanol–water partition coefficient (Wildman–Crippen LogP) is 4.13. The van der Waals surface area contributed by atoms with E-state index in [1.54, 1.807) is 12.1 Å². The second kappa shape index (κ2) is 6.79. The molecule has 1 aromatic heterocycles. The number of carbonyl (C=O) groups excluding carboxylic acids is 1. The van der Waals surface area contributed by atoms with Gasteiger partial charge in [0, 0.05) is 23.4 Å². The van der Waals surface area contributed by atoms with Crippen molar-refractivity contribution in [1.29, 1.82) is 0 Å². The highest BCUT2D eigenvalue weighted by Gasteiger charge is 2.22. The quantitative estimate of drug-likeness (QED) is 0.730. The molecule has 1 saturated carbocycles. The molecular formula is C22H22N2O2. The third-order valence-corrected chi connectivity index (χ3v) is 4.81. The van der Waals surface area contributed by atoms with Gasteiger partial charge in [0.15, 0.2) is 0 Å². The van der Waals surface area contributed by atoms with Gasteiger partial charge in [-0.2, -0.15) is 0 Å². The Kier molecular flexibility index (Phi) is 4.33. The van der Waals surface area contributed by atoms with Crippen LogP contribution in [0.1, 0.15) is 30.4 Å². The molecule has 4 rings (SSSR count). The van der Waals surface area contributed by atoms with Crippen LogP contribution in [0.5, 0.6) is 5.75 Å². The van der Waals surface area contributed by atoms with Crippen molar-refractivity contribution in [2.75, 3.05) is 0 Å². The fourth-order valence-corrected chi connectivity index (χ4v) is 3.20. The van der Waals surface area contributed by atoms with Crippen molar-refractivity contribution < 1.29 is 9.90 Å². The number of hydrogen-bond acceptors (Lipinski definition) is 3. The summed E-state index contributed by atoms with van der Waals surface area (Å²) in [5.74, 6) is 0.378. The number of rotatable bonds is 5. The molecule has 2 N–H and O–H groups in total. The number of nitrogens with zero attached hydrogens (tertiary/aromatic N) is 1. The molecule has 0 spiro atoms. The maximum Gasteiger partial charge on any atom is 0.220 e. The highest BCUT2D eigenvalue weighted by atomic mass is 16.3. The van der Waals surface area contributed by atoms with E-state index in [0.29, 0.717) is 12.5 Å². The molecule has 3 aromatic rings. The Balaban J connectivity index is 1.57. The van der Waals surface area contributed by atoms with E-state index < -0.39 is 0 Å². The lowest BCUT2D eigenvalue weighted by molar-refractivity contribution is -0.121. The number of nitrogens with one attached hydrogen (secondary N) is 1. The molecule has 1 aliphatic rings. The van der Waals surface area contributed by atoms with E-state index in [-0.39, 0.29) is 11.7 Å². The van der Waals surface area contributed by atoms with Crippen molar-refractivity contribution in [3.63, 3.8) is 0 Å². The first-order valence-electron chi connectivity index (χ1n) is 9.07. The number of phenols is 1. The third-order valence-electron chi connectivity index (χ3n) is 4.81. The molecule has 1 aliphatic carbocycles. The monoisotopic (exact) mass is 346 g/mol. The number of pyridine rings is 1. The molecule has 2 aromatic carbocycles. The molecule has 0 bridgehead atoms. The first kappa shape index (κ1) is 16.6. The smallest absolute Gasteiger partial charge is 0.220 e. The van der Waals surface area contributed by atoms with Gasteiger partial charge in [-0.3, -0.25) is 4.79 Å². The molecule has 132 valence electrons. The Labute approximate surface area is 152 Å². The van der Waals surface area contributed by atoms with Crippen molar-refractivity contribution in [2.24, 2.45) is 0 Å². The van der Waals surface area contributed by atoms with Crippen LogP contribution in [0.3, 0.4) is 0 Å². The number of phenolic OH excluding ortho intramolecular Hbond substituents is 1. The van der Waals surface area contributed by atoms with Crippen molar-refractivity contribution in [3.05, 3.63) is 59.7 Å². The molecule has 1 fully saturated rings. The number of aryl methyl sites for hydroxylation is 2. The summed E-state index contributed by atoms with van der Waals surface area (Å²) in [5.41, 5.74) is 4.96. The van der Waals surface area contributed by atoms with E-state index in [0.717, 1.165) is 52.5 Å². The van der Waals surface area contributed by atoms with Crippen LogP contribution >= 0.6 is 0 Å². The maximum absolute atomic E-state index is 11.9. The zero-order chi connectivity index (χ0) is 18.1. The second-order valence-corrected chi connectivity index (χ2v) is 7.07. The number of amides is 1. The summed E-state index contributed by atoms with van der Waals surface area (Å²) in [7, 11) is 0. The van der Waals surface area contributed by atoms with E-state index in [9.17, 15) is 9.90 Å². The molecule has 4 nitrogen and oxygen atoms in total. The Morgan fingerprint density at radius 2 is 2.04 bits per heavy atom. The minimum Gasteiger partial charge on any atom is -0.508 e. The lowest BCUT2D eigenvalue weighted by atomic mass is 10.0. The van der Waals surface area contributed by atoms with Gasteiger partial charge in [0.2, 0.25) is 5.91 Å². The van der Waals surface area contributed by atoms with Crippen LogP contribution < -0.4 is 5.32 Å². The van der Waals surface area contributed by atoms with Crippen LogP contribution in [-0.2, 0) is 11.2 Å². The van der Waals surface area contributed by atoms with E-state index in [1.165, 1.54) is 0 Å². The fourth-order valence-electron chi connectivity index (χ4n) is 3.20. The molecular weight excluding hydrogens is 324 g/mol.